The van der Waals surface area contributed by atoms with E-state index in [1.807, 2.05) is 6.07 Å². The summed E-state index contributed by atoms with van der Waals surface area (Å²) in [6.07, 6.45) is 2.50. The molecule has 3 N–H and O–H groups in total. The van der Waals surface area contributed by atoms with Crippen LogP contribution >= 0.6 is 0 Å². The van der Waals surface area contributed by atoms with Gasteiger partial charge in [-0.05, 0) is 24.0 Å². The highest BCUT2D eigenvalue weighted by Gasteiger charge is 2.44. The van der Waals surface area contributed by atoms with Crippen LogP contribution in [0.4, 0.5) is 0 Å². The summed E-state index contributed by atoms with van der Waals surface area (Å²) >= 11 is 0. The summed E-state index contributed by atoms with van der Waals surface area (Å²) in [6, 6.07) is 8.38. The molecule has 16 heavy (non-hydrogen) atoms. The van der Waals surface area contributed by atoms with E-state index >= 15 is 0 Å². The van der Waals surface area contributed by atoms with E-state index in [-0.39, 0.29) is 5.41 Å². The summed E-state index contributed by atoms with van der Waals surface area (Å²) in [6.45, 7) is 4.63. The molecule has 0 aliphatic heterocycles. The van der Waals surface area contributed by atoms with Gasteiger partial charge >= 0.3 is 0 Å². The van der Waals surface area contributed by atoms with Gasteiger partial charge in [-0.3, -0.25) is 0 Å². The van der Waals surface area contributed by atoms with Crippen molar-refractivity contribution in [2.75, 3.05) is 6.54 Å². The number of hydrogen-bond acceptors (Lipinski definition) is 2. The Hall–Kier alpha value is -0.860. The van der Waals surface area contributed by atoms with E-state index in [1.54, 1.807) is 0 Å². The van der Waals surface area contributed by atoms with Crippen LogP contribution in [0.2, 0.25) is 0 Å². The van der Waals surface area contributed by atoms with Crippen LogP contribution in [0.5, 0.6) is 0 Å². The first-order valence-electron chi connectivity index (χ1n) is 5.98. The third-order valence-corrected chi connectivity index (χ3v) is 4.18. The third-order valence-electron chi connectivity index (χ3n) is 4.18. The first-order valence-corrected chi connectivity index (χ1v) is 5.98. The molecule has 0 spiro atoms. The Labute approximate surface area is 97.5 Å². The first kappa shape index (κ1) is 11.6. The zero-order valence-electron chi connectivity index (χ0n) is 10.2. The van der Waals surface area contributed by atoms with E-state index in [0.29, 0.717) is 6.54 Å². The maximum absolute atomic E-state index is 10.8. The van der Waals surface area contributed by atoms with E-state index < -0.39 is 5.60 Å². The number of aryl methyl sites for hydroxylation is 1. The third kappa shape index (κ3) is 1.76. The second-order valence-electron chi connectivity index (χ2n) is 5.57. The molecular formula is C14H21NO. The minimum absolute atomic E-state index is 0.222. The Morgan fingerprint density at radius 2 is 1.94 bits per heavy atom. The average molecular weight is 219 g/mol. The monoisotopic (exact) mass is 219 g/mol. The number of fused-ring (bicyclic) bond motifs is 1. The normalized spacial score (nSPS) is 25.2. The molecule has 0 saturated carbocycles. The Balaban J connectivity index is 2.31. The zero-order chi connectivity index (χ0) is 11.8. The van der Waals surface area contributed by atoms with Crippen molar-refractivity contribution in [3.8, 4) is 0 Å². The summed E-state index contributed by atoms with van der Waals surface area (Å²) in [5.41, 5.74) is 7.55. The van der Waals surface area contributed by atoms with Crippen molar-refractivity contribution in [3.63, 3.8) is 0 Å². The van der Waals surface area contributed by atoms with Gasteiger partial charge < -0.3 is 10.8 Å². The van der Waals surface area contributed by atoms with Gasteiger partial charge in [-0.1, -0.05) is 38.1 Å². The van der Waals surface area contributed by atoms with Crippen molar-refractivity contribution in [2.24, 2.45) is 11.1 Å². The molecule has 0 heterocycles. The second kappa shape index (κ2) is 3.86. The summed E-state index contributed by atoms with van der Waals surface area (Å²) in [5, 5.41) is 10.8. The minimum Gasteiger partial charge on any atom is -0.389 e. The Morgan fingerprint density at radius 3 is 2.56 bits per heavy atom. The molecule has 1 atom stereocenters. The smallest absolute Gasteiger partial charge is 0.0753 e. The molecule has 1 aromatic rings. The standard InChI is InChI=1S/C14H21NO/c1-13(2,10-15)14(16)8-7-11-5-3-4-6-12(11)9-14/h3-6,16H,7-10,15H2,1-2H3. The number of rotatable bonds is 2. The fraction of sp³-hybridized carbons (Fsp3) is 0.571. The van der Waals surface area contributed by atoms with Crippen molar-refractivity contribution in [2.45, 2.75) is 38.7 Å². The van der Waals surface area contributed by atoms with E-state index in [2.05, 4.69) is 32.0 Å². The zero-order valence-corrected chi connectivity index (χ0v) is 10.2. The van der Waals surface area contributed by atoms with Crippen LogP contribution in [-0.2, 0) is 12.8 Å². The quantitative estimate of drug-likeness (QED) is 0.798. The summed E-state index contributed by atoms with van der Waals surface area (Å²) in [4.78, 5) is 0. The van der Waals surface area contributed by atoms with E-state index in [9.17, 15) is 5.11 Å². The maximum Gasteiger partial charge on any atom is 0.0753 e. The van der Waals surface area contributed by atoms with Gasteiger partial charge in [-0.2, -0.15) is 0 Å². The molecule has 0 bridgehead atoms. The molecule has 1 aromatic carbocycles. The number of aliphatic hydroxyl groups is 1. The molecule has 2 nitrogen and oxygen atoms in total. The van der Waals surface area contributed by atoms with Gasteiger partial charge in [-0.15, -0.1) is 0 Å². The largest absolute Gasteiger partial charge is 0.389 e. The molecule has 0 saturated heterocycles. The molecule has 2 heteroatoms. The Kier molecular flexibility index (Phi) is 2.81. The van der Waals surface area contributed by atoms with Gasteiger partial charge in [0.1, 0.15) is 0 Å². The van der Waals surface area contributed by atoms with Gasteiger partial charge in [0.2, 0.25) is 0 Å². The highest BCUT2D eigenvalue weighted by atomic mass is 16.3. The fourth-order valence-electron chi connectivity index (χ4n) is 2.49. The van der Waals surface area contributed by atoms with Gasteiger partial charge in [0.05, 0.1) is 5.60 Å². The topological polar surface area (TPSA) is 46.2 Å². The van der Waals surface area contributed by atoms with Gasteiger partial charge in [0, 0.05) is 18.4 Å². The van der Waals surface area contributed by atoms with Crippen molar-refractivity contribution >= 4 is 0 Å². The van der Waals surface area contributed by atoms with E-state index in [1.165, 1.54) is 11.1 Å². The predicted molar refractivity (Wildman–Crippen MR) is 66.3 cm³/mol. The minimum atomic E-state index is -0.657. The maximum atomic E-state index is 10.8. The van der Waals surface area contributed by atoms with E-state index in [0.717, 1.165) is 19.3 Å². The highest BCUT2D eigenvalue weighted by Crippen LogP contribution is 2.40. The van der Waals surface area contributed by atoms with Crippen LogP contribution in [-0.4, -0.2) is 17.3 Å². The SMILES string of the molecule is CC(C)(CN)C1(O)CCc2ccccc2C1. The summed E-state index contributed by atoms with van der Waals surface area (Å²) in [7, 11) is 0. The average Bonchev–Trinajstić information content (AvgIpc) is 2.28. The fourth-order valence-corrected chi connectivity index (χ4v) is 2.49. The highest BCUT2D eigenvalue weighted by molar-refractivity contribution is 5.32. The Bertz CT molecular complexity index is 386. The summed E-state index contributed by atoms with van der Waals surface area (Å²) in [5.74, 6) is 0. The number of benzene rings is 1. The molecule has 1 aliphatic carbocycles. The molecule has 0 aromatic heterocycles. The number of hydrogen-bond donors (Lipinski definition) is 2. The lowest BCUT2D eigenvalue weighted by atomic mass is 9.66. The first-order chi connectivity index (χ1) is 7.48. The van der Waals surface area contributed by atoms with Crippen LogP contribution < -0.4 is 5.73 Å². The van der Waals surface area contributed by atoms with E-state index in [4.69, 9.17) is 5.73 Å². The molecule has 0 amide bonds. The van der Waals surface area contributed by atoms with Gasteiger partial charge in [0.25, 0.3) is 0 Å². The lowest BCUT2D eigenvalue weighted by molar-refractivity contribution is -0.0724. The molecule has 88 valence electrons. The lowest BCUT2D eigenvalue weighted by Crippen LogP contribution is -2.52. The molecule has 1 aliphatic rings. The second-order valence-corrected chi connectivity index (χ2v) is 5.57. The van der Waals surface area contributed by atoms with Crippen molar-refractivity contribution in [1.29, 1.82) is 0 Å². The molecule has 0 fully saturated rings. The van der Waals surface area contributed by atoms with Gasteiger partial charge in [0.15, 0.2) is 0 Å². The predicted octanol–water partition coefficient (Wildman–Crippen LogP) is 1.89. The van der Waals surface area contributed by atoms with Crippen LogP contribution in [0, 0.1) is 5.41 Å². The van der Waals surface area contributed by atoms with Crippen LogP contribution in [0.1, 0.15) is 31.4 Å². The van der Waals surface area contributed by atoms with Crippen molar-refractivity contribution < 1.29 is 5.11 Å². The molecule has 2 rings (SSSR count). The molecule has 1 unspecified atom stereocenters. The van der Waals surface area contributed by atoms with Gasteiger partial charge in [-0.25, -0.2) is 0 Å². The van der Waals surface area contributed by atoms with Crippen LogP contribution in [0.25, 0.3) is 0 Å². The number of nitrogens with two attached hydrogens (primary N) is 1. The van der Waals surface area contributed by atoms with Crippen LogP contribution in [0.15, 0.2) is 24.3 Å². The summed E-state index contributed by atoms with van der Waals surface area (Å²) < 4.78 is 0. The Morgan fingerprint density at radius 1 is 1.31 bits per heavy atom. The van der Waals surface area contributed by atoms with Crippen LogP contribution in [0.3, 0.4) is 0 Å². The lowest BCUT2D eigenvalue weighted by Gasteiger charge is -2.45. The molecular weight excluding hydrogens is 198 g/mol. The molecule has 0 radical (unpaired) electrons. The van der Waals surface area contributed by atoms with Crippen molar-refractivity contribution in [3.05, 3.63) is 35.4 Å². The van der Waals surface area contributed by atoms with Crippen molar-refractivity contribution in [1.82, 2.24) is 0 Å².